The van der Waals surface area contributed by atoms with Crippen molar-refractivity contribution in [3.8, 4) is 5.82 Å². The van der Waals surface area contributed by atoms with Gasteiger partial charge in [-0.3, -0.25) is 14.7 Å². The Morgan fingerprint density at radius 1 is 1.04 bits per heavy atom. The van der Waals surface area contributed by atoms with Crippen LogP contribution in [-0.4, -0.2) is 48.5 Å². The number of hydrogen-bond acceptors (Lipinski definition) is 7. The number of carbonyl (C=O) groups excluding carboxylic acids is 1. The number of hydrogen-bond donors (Lipinski definition) is 1. The molecule has 132 valence electrons. The Hall–Kier alpha value is -3.36. The number of nitrogens with one attached hydrogen (secondary N) is 1. The molecule has 9 nitrogen and oxygen atoms in total. The average molecular weight is 350 g/mol. The number of imidazole rings is 1. The maximum absolute atomic E-state index is 12.4. The maximum Gasteiger partial charge on any atom is 0.229 e. The Labute approximate surface area is 150 Å². The van der Waals surface area contributed by atoms with Gasteiger partial charge in [-0.25, -0.2) is 24.9 Å². The zero-order chi connectivity index (χ0) is 17.8. The highest BCUT2D eigenvalue weighted by molar-refractivity contribution is 5.91. The van der Waals surface area contributed by atoms with Crippen LogP contribution in [-0.2, 0) is 4.79 Å². The lowest BCUT2D eigenvalue weighted by Crippen LogP contribution is -2.38. The number of carbonyl (C=O) groups is 1. The summed E-state index contributed by atoms with van der Waals surface area (Å²) in [4.78, 5) is 35.3. The van der Waals surface area contributed by atoms with Crippen LogP contribution in [0, 0.1) is 5.92 Å². The number of aromatic nitrogens is 6. The molecule has 4 heterocycles. The SMILES string of the molecule is O=C(Nc1ncccn1)C1CCN(c2cc(-n3ccnc3)ncn2)CC1. The van der Waals surface area contributed by atoms with Crippen LogP contribution in [0.2, 0.25) is 0 Å². The van der Waals surface area contributed by atoms with Gasteiger partial charge < -0.3 is 4.90 Å². The van der Waals surface area contributed by atoms with Crippen molar-refractivity contribution in [2.45, 2.75) is 12.8 Å². The zero-order valence-corrected chi connectivity index (χ0v) is 14.1. The van der Waals surface area contributed by atoms with E-state index in [1.165, 1.54) is 0 Å². The molecule has 0 aromatic carbocycles. The highest BCUT2D eigenvalue weighted by Gasteiger charge is 2.26. The molecule has 0 atom stereocenters. The molecule has 0 radical (unpaired) electrons. The molecule has 1 aliphatic rings. The van der Waals surface area contributed by atoms with Crippen LogP contribution in [0.15, 0.2) is 49.6 Å². The van der Waals surface area contributed by atoms with Crippen molar-refractivity contribution in [2.24, 2.45) is 5.92 Å². The van der Waals surface area contributed by atoms with Gasteiger partial charge >= 0.3 is 0 Å². The van der Waals surface area contributed by atoms with Gasteiger partial charge in [0.05, 0.1) is 0 Å². The second-order valence-electron chi connectivity index (χ2n) is 6.03. The second kappa shape index (κ2) is 7.26. The summed E-state index contributed by atoms with van der Waals surface area (Å²) >= 11 is 0. The number of rotatable bonds is 4. The minimum absolute atomic E-state index is 0.0300. The molecule has 3 aromatic rings. The van der Waals surface area contributed by atoms with Crippen molar-refractivity contribution in [3.63, 3.8) is 0 Å². The third kappa shape index (κ3) is 3.51. The normalized spacial score (nSPS) is 15.0. The second-order valence-corrected chi connectivity index (χ2v) is 6.03. The first-order chi connectivity index (χ1) is 12.8. The number of amides is 1. The van der Waals surface area contributed by atoms with Gasteiger partial charge in [-0.15, -0.1) is 0 Å². The lowest BCUT2D eigenvalue weighted by Gasteiger charge is -2.32. The Morgan fingerprint density at radius 3 is 2.54 bits per heavy atom. The summed E-state index contributed by atoms with van der Waals surface area (Å²) in [5.74, 6) is 1.89. The number of piperidine rings is 1. The van der Waals surface area contributed by atoms with E-state index in [1.807, 2.05) is 16.8 Å². The first-order valence-electron chi connectivity index (χ1n) is 8.43. The number of nitrogens with zero attached hydrogens (tertiary/aromatic N) is 7. The van der Waals surface area contributed by atoms with Crippen molar-refractivity contribution >= 4 is 17.7 Å². The van der Waals surface area contributed by atoms with Crippen molar-refractivity contribution in [3.05, 3.63) is 49.6 Å². The molecular weight excluding hydrogens is 332 g/mol. The van der Waals surface area contributed by atoms with Gasteiger partial charge in [0.2, 0.25) is 11.9 Å². The summed E-state index contributed by atoms with van der Waals surface area (Å²) in [7, 11) is 0. The molecule has 0 unspecified atom stereocenters. The molecule has 3 aromatic heterocycles. The van der Waals surface area contributed by atoms with Crippen LogP contribution in [0.1, 0.15) is 12.8 Å². The van der Waals surface area contributed by atoms with Gasteiger partial charge in [0, 0.05) is 49.9 Å². The summed E-state index contributed by atoms with van der Waals surface area (Å²) in [6, 6.07) is 3.65. The molecule has 0 bridgehead atoms. The molecule has 26 heavy (non-hydrogen) atoms. The van der Waals surface area contributed by atoms with Crippen LogP contribution < -0.4 is 10.2 Å². The summed E-state index contributed by atoms with van der Waals surface area (Å²) in [6.07, 6.45) is 11.5. The van der Waals surface area contributed by atoms with E-state index in [1.54, 1.807) is 37.3 Å². The largest absolute Gasteiger partial charge is 0.356 e. The molecular formula is C17H18N8O. The Morgan fingerprint density at radius 2 is 1.81 bits per heavy atom. The van der Waals surface area contributed by atoms with Crippen LogP contribution in [0.25, 0.3) is 5.82 Å². The van der Waals surface area contributed by atoms with Crippen molar-refractivity contribution < 1.29 is 4.79 Å². The van der Waals surface area contributed by atoms with Crippen molar-refractivity contribution in [2.75, 3.05) is 23.3 Å². The molecule has 0 saturated carbocycles. The molecule has 9 heteroatoms. The lowest BCUT2D eigenvalue weighted by atomic mass is 9.96. The van der Waals surface area contributed by atoms with Crippen molar-refractivity contribution in [1.82, 2.24) is 29.5 Å². The average Bonchev–Trinajstić information content (AvgIpc) is 3.24. The molecule has 1 amide bonds. The minimum atomic E-state index is -0.0509. The highest BCUT2D eigenvalue weighted by atomic mass is 16.2. The van der Waals surface area contributed by atoms with Crippen molar-refractivity contribution in [1.29, 1.82) is 0 Å². The molecule has 4 rings (SSSR count). The minimum Gasteiger partial charge on any atom is -0.356 e. The molecule has 1 saturated heterocycles. The van der Waals surface area contributed by atoms with E-state index in [4.69, 9.17) is 0 Å². The van der Waals surface area contributed by atoms with E-state index < -0.39 is 0 Å². The smallest absolute Gasteiger partial charge is 0.229 e. The fraction of sp³-hybridized carbons (Fsp3) is 0.294. The monoisotopic (exact) mass is 350 g/mol. The number of anilines is 2. The highest BCUT2D eigenvalue weighted by Crippen LogP contribution is 2.23. The molecule has 1 fully saturated rings. The third-order valence-electron chi connectivity index (χ3n) is 4.40. The van der Waals surface area contributed by atoms with E-state index in [2.05, 4.69) is 35.1 Å². The predicted octanol–water partition coefficient (Wildman–Crippen LogP) is 1.31. The fourth-order valence-electron chi connectivity index (χ4n) is 2.99. The standard InChI is InChI=1S/C17H18N8O/c26-16(23-17-19-4-1-5-20-17)13-2-7-24(8-3-13)14-10-15(22-11-21-14)25-9-6-18-12-25/h1,4-6,9-13H,2-3,7-8H2,(H,19,20,23,26). The zero-order valence-electron chi connectivity index (χ0n) is 14.1. The Kier molecular flexibility index (Phi) is 4.50. The Bertz CT molecular complexity index is 859. The Balaban J connectivity index is 1.38. The quantitative estimate of drug-likeness (QED) is 0.757. The van der Waals surface area contributed by atoms with Crippen LogP contribution >= 0.6 is 0 Å². The molecule has 1 aliphatic heterocycles. The van der Waals surface area contributed by atoms with Crippen LogP contribution in [0.5, 0.6) is 0 Å². The van der Waals surface area contributed by atoms with Gasteiger partial charge in [0.25, 0.3) is 0 Å². The molecule has 0 spiro atoms. The summed E-state index contributed by atoms with van der Waals surface area (Å²) in [6.45, 7) is 1.52. The third-order valence-corrected chi connectivity index (χ3v) is 4.40. The summed E-state index contributed by atoms with van der Waals surface area (Å²) in [5.41, 5.74) is 0. The van der Waals surface area contributed by atoms with E-state index in [0.29, 0.717) is 5.95 Å². The van der Waals surface area contributed by atoms with E-state index in [9.17, 15) is 4.79 Å². The van der Waals surface area contributed by atoms with Gasteiger partial charge in [-0.2, -0.15) is 0 Å². The van der Waals surface area contributed by atoms with Gasteiger partial charge in [0.15, 0.2) is 0 Å². The summed E-state index contributed by atoms with van der Waals surface area (Å²) in [5, 5.41) is 2.78. The fourth-order valence-corrected chi connectivity index (χ4v) is 2.99. The van der Waals surface area contributed by atoms with Gasteiger partial charge in [-0.1, -0.05) is 0 Å². The first-order valence-corrected chi connectivity index (χ1v) is 8.43. The summed E-state index contributed by atoms with van der Waals surface area (Å²) < 4.78 is 1.84. The van der Waals surface area contributed by atoms with E-state index >= 15 is 0 Å². The predicted molar refractivity (Wildman–Crippen MR) is 94.8 cm³/mol. The van der Waals surface area contributed by atoms with Gasteiger partial charge in [-0.05, 0) is 18.9 Å². The van der Waals surface area contributed by atoms with Gasteiger partial charge in [0.1, 0.15) is 24.3 Å². The van der Waals surface area contributed by atoms with Crippen LogP contribution in [0.4, 0.5) is 11.8 Å². The maximum atomic E-state index is 12.4. The van der Waals surface area contributed by atoms with E-state index in [-0.39, 0.29) is 11.8 Å². The first kappa shape index (κ1) is 16.1. The van der Waals surface area contributed by atoms with Crippen LogP contribution in [0.3, 0.4) is 0 Å². The topological polar surface area (TPSA) is 102 Å². The lowest BCUT2D eigenvalue weighted by molar-refractivity contribution is -0.120. The molecule has 1 N–H and O–H groups in total. The van der Waals surface area contributed by atoms with E-state index in [0.717, 1.165) is 37.6 Å². The molecule has 0 aliphatic carbocycles.